The van der Waals surface area contributed by atoms with E-state index in [0.29, 0.717) is 17.0 Å². The summed E-state index contributed by atoms with van der Waals surface area (Å²) in [6.07, 6.45) is 0. The Balaban J connectivity index is 2.12. The smallest absolute Gasteiger partial charge is 0.338 e. The molecule has 5 heteroatoms. The van der Waals surface area contributed by atoms with Gasteiger partial charge in [0.1, 0.15) is 5.75 Å². The minimum atomic E-state index is -0.393. The fraction of sp³-hybridized carbons (Fsp3) is 0.100. The summed E-state index contributed by atoms with van der Waals surface area (Å²) in [7, 11) is 2.99. The number of pyridine rings is 1. The van der Waals surface area contributed by atoms with Gasteiger partial charge < -0.3 is 9.47 Å². The molecule has 25 heavy (non-hydrogen) atoms. The molecular formula is C20H16BrNO3. The van der Waals surface area contributed by atoms with Crippen LogP contribution < -0.4 is 4.74 Å². The van der Waals surface area contributed by atoms with Crippen LogP contribution >= 0.6 is 15.9 Å². The van der Waals surface area contributed by atoms with Gasteiger partial charge >= 0.3 is 5.97 Å². The monoisotopic (exact) mass is 397 g/mol. The highest BCUT2D eigenvalue weighted by molar-refractivity contribution is 9.10. The molecule has 1 aromatic heterocycles. The molecule has 3 aromatic rings. The Bertz CT molecular complexity index is 890. The Kier molecular flexibility index (Phi) is 5.14. The van der Waals surface area contributed by atoms with Gasteiger partial charge in [-0.15, -0.1) is 0 Å². The molecule has 126 valence electrons. The van der Waals surface area contributed by atoms with E-state index in [2.05, 4.69) is 15.9 Å². The van der Waals surface area contributed by atoms with E-state index < -0.39 is 5.97 Å². The van der Waals surface area contributed by atoms with Gasteiger partial charge in [-0.3, -0.25) is 0 Å². The van der Waals surface area contributed by atoms with E-state index in [1.54, 1.807) is 19.2 Å². The van der Waals surface area contributed by atoms with Crippen molar-refractivity contribution in [2.24, 2.45) is 0 Å². The third-order valence-electron chi connectivity index (χ3n) is 3.77. The number of rotatable bonds is 4. The Hall–Kier alpha value is -2.66. The topological polar surface area (TPSA) is 48.4 Å². The van der Waals surface area contributed by atoms with Crippen molar-refractivity contribution in [3.05, 3.63) is 70.7 Å². The molecule has 0 spiro atoms. The number of halogens is 1. The zero-order valence-corrected chi connectivity index (χ0v) is 15.4. The molecule has 1 heterocycles. The summed E-state index contributed by atoms with van der Waals surface area (Å²) in [5.41, 5.74) is 3.68. The maximum absolute atomic E-state index is 12.1. The summed E-state index contributed by atoms with van der Waals surface area (Å²) in [4.78, 5) is 16.8. The lowest BCUT2D eigenvalue weighted by Crippen LogP contribution is -2.03. The van der Waals surface area contributed by atoms with E-state index in [1.165, 1.54) is 7.11 Å². The average molecular weight is 398 g/mol. The van der Waals surface area contributed by atoms with Crippen LogP contribution in [0.1, 0.15) is 10.4 Å². The maximum Gasteiger partial charge on any atom is 0.338 e. The number of esters is 1. The number of hydrogen-bond donors (Lipinski definition) is 0. The minimum absolute atomic E-state index is 0.393. The highest BCUT2D eigenvalue weighted by atomic mass is 79.9. The van der Waals surface area contributed by atoms with E-state index in [1.807, 2.05) is 48.5 Å². The molecule has 3 rings (SSSR count). The fourth-order valence-electron chi connectivity index (χ4n) is 2.44. The molecule has 0 bridgehead atoms. The largest absolute Gasteiger partial charge is 0.497 e. The van der Waals surface area contributed by atoms with Gasteiger partial charge in [-0.05, 0) is 48.5 Å². The van der Waals surface area contributed by atoms with Crippen LogP contribution in [0.3, 0.4) is 0 Å². The summed E-state index contributed by atoms with van der Waals surface area (Å²) in [6, 6.07) is 18.8. The highest BCUT2D eigenvalue weighted by Gasteiger charge is 2.13. The Labute approximate surface area is 154 Å². The number of benzene rings is 2. The van der Waals surface area contributed by atoms with Crippen LogP contribution in [0.4, 0.5) is 0 Å². The second kappa shape index (κ2) is 7.49. The van der Waals surface area contributed by atoms with Gasteiger partial charge in [0.25, 0.3) is 0 Å². The van der Waals surface area contributed by atoms with Gasteiger partial charge in [0.2, 0.25) is 0 Å². The average Bonchev–Trinajstić information content (AvgIpc) is 2.67. The van der Waals surface area contributed by atoms with Crippen LogP contribution in [0, 0.1) is 0 Å². The second-order valence-electron chi connectivity index (χ2n) is 5.35. The zero-order chi connectivity index (χ0) is 17.8. The summed E-state index contributed by atoms with van der Waals surface area (Å²) in [5.74, 6) is 0.372. The summed E-state index contributed by atoms with van der Waals surface area (Å²) < 4.78 is 11.1. The molecule has 0 aliphatic carbocycles. The predicted octanol–water partition coefficient (Wildman–Crippen LogP) is 4.97. The van der Waals surface area contributed by atoms with Crippen molar-refractivity contribution < 1.29 is 14.3 Å². The summed E-state index contributed by atoms with van der Waals surface area (Å²) in [6.45, 7) is 0. The third-order valence-corrected chi connectivity index (χ3v) is 4.30. The Morgan fingerprint density at radius 2 is 1.40 bits per heavy atom. The molecule has 0 radical (unpaired) electrons. The van der Waals surface area contributed by atoms with Crippen LogP contribution in [0.2, 0.25) is 0 Å². The molecule has 4 nitrogen and oxygen atoms in total. The van der Waals surface area contributed by atoms with Crippen molar-refractivity contribution in [1.29, 1.82) is 0 Å². The normalized spacial score (nSPS) is 10.4. The van der Waals surface area contributed by atoms with E-state index in [9.17, 15) is 4.79 Å². The number of aromatic nitrogens is 1. The van der Waals surface area contributed by atoms with Crippen molar-refractivity contribution in [1.82, 2.24) is 4.98 Å². The second-order valence-corrected chi connectivity index (χ2v) is 6.27. The van der Waals surface area contributed by atoms with Crippen LogP contribution in [0.25, 0.3) is 22.5 Å². The number of ether oxygens (including phenoxy) is 2. The number of nitrogens with zero attached hydrogens (tertiary/aromatic N) is 1. The molecule has 0 atom stereocenters. The van der Waals surface area contributed by atoms with Crippen molar-refractivity contribution in [3.63, 3.8) is 0 Å². The first-order valence-corrected chi connectivity index (χ1v) is 8.41. The molecule has 0 aliphatic rings. The lowest BCUT2D eigenvalue weighted by molar-refractivity contribution is 0.0600. The molecule has 0 saturated carbocycles. The van der Waals surface area contributed by atoms with Gasteiger partial charge in [-0.1, -0.05) is 28.1 Å². The van der Waals surface area contributed by atoms with Gasteiger partial charge in [0.05, 0.1) is 31.2 Å². The van der Waals surface area contributed by atoms with Gasteiger partial charge in [0, 0.05) is 15.6 Å². The standard InChI is InChI=1S/C20H16BrNO3/c1-24-17-9-5-14(6-10-17)19-12-15(20(23)25-2)11-18(22-19)13-3-7-16(21)8-4-13/h3-12H,1-2H3. The SMILES string of the molecule is COC(=O)c1cc(-c2ccc(Br)cc2)nc(-c2ccc(OC)cc2)c1. The van der Waals surface area contributed by atoms with E-state index in [4.69, 9.17) is 14.5 Å². The molecule has 0 aliphatic heterocycles. The van der Waals surface area contributed by atoms with Gasteiger partial charge in [-0.2, -0.15) is 0 Å². The van der Waals surface area contributed by atoms with Crippen molar-refractivity contribution >= 4 is 21.9 Å². The van der Waals surface area contributed by atoms with Crippen LogP contribution in [-0.4, -0.2) is 25.2 Å². The van der Waals surface area contributed by atoms with E-state index in [-0.39, 0.29) is 0 Å². The molecule has 0 N–H and O–H groups in total. The molecule has 0 saturated heterocycles. The molecule has 0 fully saturated rings. The fourth-order valence-corrected chi connectivity index (χ4v) is 2.71. The first-order chi connectivity index (χ1) is 12.1. The number of carbonyl (C=O) groups excluding carboxylic acids is 1. The number of hydrogen-bond acceptors (Lipinski definition) is 4. The van der Waals surface area contributed by atoms with Crippen LogP contribution in [0.15, 0.2) is 65.1 Å². The molecule has 2 aromatic carbocycles. The maximum atomic E-state index is 12.1. The van der Waals surface area contributed by atoms with E-state index >= 15 is 0 Å². The number of carbonyl (C=O) groups is 1. The van der Waals surface area contributed by atoms with E-state index in [0.717, 1.165) is 21.3 Å². The molecular weight excluding hydrogens is 382 g/mol. The molecule has 0 amide bonds. The highest BCUT2D eigenvalue weighted by Crippen LogP contribution is 2.27. The quantitative estimate of drug-likeness (QED) is 0.582. The van der Waals surface area contributed by atoms with Crippen molar-refractivity contribution in [3.8, 4) is 28.3 Å². The van der Waals surface area contributed by atoms with Gasteiger partial charge in [0.15, 0.2) is 0 Å². The molecule has 0 unspecified atom stereocenters. The Morgan fingerprint density at radius 3 is 1.88 bits per heavy atom. The Morgan fingerprint density at radius 1 is 0.880 bits per heavy atom. The minimum Gasteiger partial charge on any atom is -0.497 e. The van der Waals surface area contributed by atoms with Crippen molar-refractivity contribution in [2.75, 3.05) is 14.2 Å². The van der Waals surface area contributed by atoms with Crippen molar-refractivity contribution in [2.45, 2.75) is 0 Å². The summed E-state index contributed by atoms with van der Waals surface area (Å²) in [5, 5.41) is 0. The predicted molar refractivity (Wildman–Crippen MR) is 101 cm³/mol. The van der Waals surface area contributed by atoms with Crippen LogP contribution in [0.5, 0.6) is 5.75 Å². The first-order valence-electron chi connectivity index (χ1n) is 7.61. The lowest BCUT2D eigenvalue weighted by Gasteiger charge is -2.09. The van der Waals surface area contributed by atoms with Gasteiger partial charge in [-0.25, -0.2) is 9.78 Å². The first kappa shape index (κ1) is 17.2. The zero-order valence-electron chi connectivity index (χ0n) is 13.8. The third kappa shape index (κ3) is 3.88. The number of methoxy groups -OCH3 is 2. The summed E-state index contributed by atoms with van der Waals surface area (Å²) >= 11 is 3.43. The van der Waals surface area contributed by atoms with Crippen LogP contribution in [-0.2, 0) is 4.74 Å². The lowest BCUT2D eigenvalue weighted by atomic mass is 10.0.